The lowest BCUT2D eigenvalue weighted by atomic mass is 9.93. The van der Waals surface area contributed by atoms with Crippen molar-refractivity contribution in [3.8, 4) is 0 Å². The Hall–Kier alpha value is -0.120. The van der Waals surface area contributed by atoms with Crippen molar-refractivity contribution in [1.29, 1.82) is 0 Å². The summed E-state index contributed by atoms with van der Waals surface area (Å²) in [5.41, 5.74) is 5.60. The third-order valence-corrected chi connectivity index (χ3v) is 4.45. The standard InChI is InChI=1S/C14H29N3/c15-8-11-17-9-6-13(7-10-17)12-16-14-4-2-1-3-5-14/h13-14,16H,1-12,15H2. The average Bonchev–Trinajstić information content (AvgIpc) is 2.40. The summed E-state index contributed by atoms with van der Waals surface area (Å²) in [7, 11) is 0. The lowest BCUT2D eigenvalue weighted by Gasteiger charge is -2.33. The monoisotopic (exact) mass is 239 g/mol. The maximum absolute atomic E-state index is 5.60. The topological polar surface area (TPSA) is 41.3 Å². The molecule has 3 N–H and O–H groups in total. The van der Waals surface area contributed by atoms with Gasteiger partial charge >= 0.3 is 0 Å². The highest BCUT2D eigenvalue weighted by molar-refractivity contribution is 4.77. The van der Waals surface area contributed by atoms with Crippen molar-refractivity contribution in [1.82, 2.24) is 10.2 Å². The van der Waals surface area contributed by atoms with Gasteiger partial charge in [-0.15, -0.1) is 0 Å². The summed E-state index contributed by atoms with van der Waals surface area (Å²) in [5.74, 6) is 0.908. The molecule has 1 saturated heterocycles. The SMILES string of the molecule is NCCN1CCC(CNC2CCCCC2)CC1. The molecule has 0 aromatic carbocycles. The molecule has 17 heavy (non-hydrogen) atoms. The first-order valence-corrected chi connectivity index (χ1v) is 7.54. The van der Waals surface area contributed by atoms with E-state index >= 15 is 0 Å². The van der Waals surface area contributed by atoms with Crippen molar-refractivity contribution in [2.24, 2.45) is 11.7 Å². The second kappa shape index (κ2) is 7.34. The number of nitrogens with zero attached hydrogens (tertiary/aromatic N) is 1. The van der Waals surface area contributed by atoms with E-state index in [9.17, 15) is 0 Å². The molecule has 3 heteroatoms. The van der Waals surface area contributed by atoms with Crippen LogP contribution < -0.4 is 11.1 Å². The first-order chi connectivity index (χ1) is 8.38. The number of hydrogen-bond acceptors (Lipinski definition) is 3. The average molecular weight is 239 g/mol. The predicted octanol–water partition coefficient (Wildman–Crippen LogP) is 1.58. The van der Waals surface area contributed by atoms with E-state index in [1.165, 1.54) is 64.6 Å². The van der Waals surface area contributed by atoms with E-state index in [1.54, 1.807) is 0 Å². The van der Waals surface area contributed by atoms with Crippen molar-refractivity contribution in [2.75, 3.05) is 32.7 Å². The van der Waals surface area contributed by atoms with Gasteiger partial charge in [-0.05, 0) is 51.2 Å². The molecule has 2 rings (SSSR count). The summed E-state index contributed by atoms with van der Waals surface area (Å²) in [6, 6.07) is 0.825. The number of hydrogen-bond donors (Lipinski definition) is 2. The Morgan fingerprint density at radius 3 is 2.35 bits per heavy atom. The molecule has 1 heterocycles. The molecular formula is C14H29N3. The fourth-order valence-electron chi connectivity index (χ4n) is 3.24. The molecule has 100 valence electrons. The zero-order valence-electron chi connectivity index (χ0n) is 11.2. The number of likely N-dealkylation sites (tertiary alicyclic amines) is 1. The second-order valence-electron chi connectivity index (χ2n) is 5.82. The van der Waals surface area contributed by atoms with E-state index in [1.807, 2.05) is 0 Å². The minimum Gasteiger partial charge on any atom is -0.329 e. The molecule has 1 aliphatic carbocycles. The zero-order chi connectivity index (χ0) is 11.9. The Morgan fingerprint density at radius 1 is 1.00 bits per heavy atom. The van der Waals surface area contributed by atoms with Crippen LogP contribution in [0.5, 0.6) is 0 Å². The summed E-state index contributed by atoms with van der Waals surface area (Å²) < 4.78 is 0. The van der Waals surface area contributed by atoms with Crippen molar-refractivity contribution < 1.29 is 0 Å². The van der Waals surface area contributed by atoms with Crippen molar-refractivity contribution in [3.63, 3.8) is 0 Å². The van der Waals surface area contributed by atoms with E-state index in [4.69, 9.17) is 5.73 Å². The van der Waals surface area contributed by atoms with E-state index in [2.05, 4.69) is 10.2 Å². The van der Waals surface area contributed by atoms with Crippen molar-refractivity contribution >= 4 is 0 Å². The molecular weight excluding hydrogens is 210 g/mol. The summed E-state index contributed by atoms with van der Waals surface area (Å²) in [4.78, 5) is 2.51. The van der Waals surface area contributed by atoms with E-state index in [0.717, 1.165) is 25.0 Å². The molecule has 0 amide bonds. The Labute approximate surface area is 106 Å². The largest absolute Gasteiger partial charge is 0.329 e. The van der Waals surface area contributed by atoms with Crippen molar-refractivity contribution in [3.05, 3.63) is 0 Å². The summed E-state index contributed by atoms with van der Waals surface area (Å²) >= 11 is 0. The summed E-state index contributed by atoms with van der Waals surface area (Å²) in [6.07, 6.45) is 9.87. The van der Waals surface area contributed by atoms with Gasteiger partial charge in [-0.25, -0.2) is 0 Å². The Morgan fingerprint density at radius 2 is 1.71 bits per heavy atom. The highest BCUT2D eigenvalue weighted by atomic mass is 15.1. The third-order valence-electron chi connectivity index (χ3n) is 4.45. The molecule has 0 unspecified atom stereocenters. The molecule has 0 spiro atoms. The molecule has 1 saturated carbocycles. The molecule has 0 atom stereocenters. The number of rotatable bonds is 5. The molecule has 0 radical (unpaired) electrons. The fourth-order valence-corrected chi connectivity index (χ4v) is 3.24. The van der Waals surface area contributed by atoms with Crippen LogP contribution in [0.2, 0.25) is 0 Å². The lowest BCUT2D eigenvalue weighted by Crippen LogP contribution is -2.41. The normalized spacial score (nSPS) is 25.2. The van der Waals surface area contributed by atoms with Gasteiger partial charge in [0, 0.05) is 19.1 Å². The van der Waals surface area contributed by atoms with Gasteiger partial charge in [0.15, 0.2) is 0 Å². The van der Waals surface area contributed by atoms with Crippen LogP contribution in [0.1, 0.15) is 44.9 Å². The molecule has 2 fully saturated rings. The van der Waals surface area contributed by atoms with Gasteiger partial charge in [0.1, 0.15) is 0 Å². The molecule has 0 bridgehead atoms. The molecule has 0 aromatic heterocycles. The van der Waals surface area contributed by atoms with Gasteiger partial charge in [-0.2, -0.15) is 0 Å². The third kappa shape index (κ3) is 4.57. The van der Waals surface area contributed by atoms with Crippen LogP contribution >= 0.6 is 0 Å². The van der Waals surface area contributed by atoms with Crippen LogP contribution in [0, 0.1) is 5.92 Å². The fraction of sp³-hybridized carbons (Fsp3) is 1.00. The van der Waals surface area contributed by atoms with Gasteiger partial charge in [-0.1, -0.05) is 19.3 Å². The smallest absolute Gasteiger partial charge is 0.0105 e. The van der Waals surface area contributed by atoms with Crippen LogP contribution in [0.4, 0.5) is 0 Å². The van der Waals surface area contributed by atoms with Crippen LogP contribution in [0.25, 0.3) is 0 Å². The molecule has 3 nitrogen and oxygen atoms in total. The molecule has 2 aliphatic rings. The number of nitrogens with one attached hydrogen (secondary N) is 1. The van der Waals surface area contributed by atoms with Gasteiger partial charge in [0.05, 0.1) is 0 Å². The highest BCUT2D eigenvalue weighted by Gasteiger charge is 2.20. The summed E-state index contributed by atoms with van der Waals surface area (Å²) in [6.45, 7) is 5.66. The zero-order valence-corrected chi connectivity index (χ0v) is 11.2. The number of nitrogens with two attached hydrogens (primary N) is 1. The highest BCUT2D eigenvalue weighted by Crippen LogP contribution is 2.20. The molecule has 0 aromatic rings. The molecule has 1 aliphatic heterocycles. The van der Waals surface area contributed by atoms with Gasteiger partial charge in [0.2, 0.25) is 0 Å². The van der Waals surface area contributed by atoms with Crippen LogP contribution in [-0.4, -0.2) is 43.7 Å². The Balaban J connectivity index is 1.57. The van der Waals surface area contributed by atoms with Crippen LogP contribution in [0.3, 0.4) is 0 Å². The van der Waals surface area contributed by atoms with Gasteiger partial charge in [0.25, 0.3) is 0 Å². The van der Waals surface area contributed by atoms with Gasteiger partial charge in [-0.3, -0.25) is 0 Å². The maximum atomic E-state index is 5.60. The van der Waals surface area contributed by atoms with E-state index < -0.39 is 0 Å². The van der Waals surface area contributed by atoms with E-state index in [-0.39, 0.29) is 0 Å². The minimum absolute atomic E-state index is 0.811. The Bertz CT molecular complexity index is 194. The van der Waals surface area contributed by atoms with Crippen LogP contribution in [0.15, 0.2) is 0 Å². The first-order valence-electron chi connectivity index (χ1n) is 7.54. The predicted molar refractivity (Wildman–Crippen MR) is 73.1 cm³/mol. The first kappa shape index (κ1) is 13.3. The minimum atomic E-state index is 0.811. The summed E-state index contributed by atoms with van der Waals surface area (Å²) in [5, 5.41) is 3.79. The Kier molecular flexibility index (Phi) is 5.75. The quantitative estimate of drug-likeness (QED) is 0.765. The number of piperidine rings is 1. The maximum Gasteiger partial charge on any atom is 0.0105 e. The second-order valence-corrected chi connectivity index (χ2v) is 5.82. The van der Waals surface area contributed by atoms with Gasteiger partial charge < -0.3 is 16.0 Å². The van der Waals surface area contributed by atoms with Crippen molar-refractivity contribution in [2.45, 2.75) is 51.0 Å². The lowest BCUT2D eigenvalue weighted by molar-refractivity contribution is 0.182. The van der Waals surface area contributed by atoms with E-state index in [0.29, 0.717) is 0 Å². The van der Waals surface area contributed by atoms with Crippen LogP contribution in [-0.2, 0) is 0 Å².